The normalized spacial score (nSPS) is 12.2. The number of anilines is 1. The molecular weight excluding hydrogens is 302 g/mol. The molecule has 0 saturated carbocycles. The summed E-state index contributed by atoms with van der Waals surface area (Å²) < 4.78 is 5.62. The fourth-order valence-corrected chi connectivity index (χ4v) is 1.87. The molecule has 0 fully saturated rings. The van der Waals surface area contributed by atoms with Crippen LogP contribution in [-0.2, 0) is 4.74 Å². The van der Waals surface area contributed by atoms with E-state index in [9.17, 15) is 10.1 Å². The van der Waals surface area contributed by atoms with Crippen LogP contribution in [0.4, 0.5) is 11.5 Å². The molecule has 0 aliphatic rings. The average molecular weight is 318 g/mol. The van der Waals surface area contributed by atoms with Gasteiger partial charge in [0.25, 0.3) is 5.69 Å². The quantitative estimate of drug-likeness (QED) is 0.644. The molecule has 6 nitrogen and oxygen atoms in total. The Bertz CT molecular complexity index is 440. The molecule has 1 unspecified atom stereocenters. The van der Waals surface area contributed by atoms with Gasteiger partial charge in [-0.05, 0) is 36.2 Å². The lowest BCUT2D eigenvalue weighted by Crippen LogP contribution is -2.18. The number of nitrogens with zero attached hydrogens (tertiary/aromatic N) is 2. The number of pyridine rings is 1. The van der Waals surface area contributed by atoms with Crippen molar-refractivity contribution in [3.05, 3.63) is 26.3 Å². The minimum atomic E-state index is -0.439. The topological polar surface area (TPSA) is 77.3 Å². The van der Waals surface area contributed by atoms with Crippen LogP contribution in [0, 0.1) is 17.0 Å². The molecule has 0 aliphatic heterocycles. The minimum absolute atomic E-state index is 0.0111. The van der Waals surface area contributed by atoms with Gasteiger partial charge in [0.15, 0.2) is 0 Å². The zero-order valence-corrected chi connectivity index (χ0v) is 12.2. The van der Waals surface area contributed by atoms with Gasteiger partial charge in [0, 0.05) is 25.3 Å². The van der Waals surface area contributed by atoms with Gasteiger partial charge >= 0.3 is 0 Å². The standard InChI is InChI=1S/C11H16BrN3O3/c1-7(4-5-18-3)14-11-10(12)8(2)9(6-13-11)15(16)17/h6-7H,4-5H2,1-3H3,(H,13,14). The maximum atomic E-state index is 10.8. The number of hydrogen-bond acceptors (Lipinski definition) is 5. The number of rotatable bonds is 6. The van der Waals surface area contributed by atoms with Crippen molar-refractivity contribution in [3.63, 3.8) is 0 Å². The van der Waals surface area contributed by atoms with Crippen LogP contribution in [-0.4, -0.2) is 29.7 Å². The number of halogens is 1. The first-order valence-corrected chi connectivity index (χ1v) is 6.31. The summed E-state index contributed by atoms with van der Waals surface area (Å²) in [7, 11) is 1.65. The van der Waals surface area contributed by atoms with Crippen molar-refractivity contribution >= 4 is 27.4 Å². The number of aromatic nitrogens is 1. The summed E-state index contributed by atoms with van der Waals surface area (Å²) in [5.41, 5.74) is 0.577. The van der Waals surface area contributed by atoms with Gasteiger partial charge in [-0.2, -0.15) is 0 Å². The number of nitrogens with one attached hydrogen (secondary N) is 1. The van der Waals surface area contributed by atoms with Crippen LogP contribution in [0.25, 0.3) is 0 Å². The van der Waals surface area contributed by atoms with E-state index >= 15 is 0 Å². The minimum Gasteiger partial charge on any atom is -0.385 e. The van der Waals surface area contributed by atoms with Gasteiger partial charge in [-0.25, -0.2) is 4.98 Å². The highest BCUT2D eigenvalue weighted by Gasteiger charge is 2.17. The Morgan fingerprint density at radius 2 is 2.33 bits per heavy atom. The van der Waals surface area contributed by atoms with E-state index in [1.165, 1.54) is 6.20 Å². The number of hydrogen-bond donors (Lipinski definition) is 1. The summed E-state index contributed by atoms with van der Waals surface area (Å²) >= 11 is 3.34. The third-order valence-electron chi connectivity index (χ3n) is 2.57. The fourth-order valence-electron chi connectivity index (χ4n) is 1.45. The summed E-state index contributed by atoms with van der Waals surface area (Å²) in [5.74, 6) is 0.613. The first kappa shape index (κ1) is 14.8. The third kappa shape index (κ3) is 3.64. The molecule has 0 bridgehead atoms. The first-order chi connectivity index (χ1) is 8.47. The van der Waals surface area contributed by atoms with E-state index in [4.69, 9.17) is 4.74 Å². The first-order valence-electron chi connectivity index (χ1n) is 5.52. The van der Waals surface area contributed by atoms with E-state index < -0.39 is 4.92 Å². The van der Waals surface area contributed by atoms with Crippen LogP contribution in [0.15, 0.2) is 10.7 Å². The summed E-state index contributed by atoms with van der Waals surface area (Å²) in [6.45, 7) is 4.34. The van der Waals surface area contributed by atoms with Crippen molar-refractivity contribution in [2.75, 3.05) is 19.0 Å². The molecule has 18 heavy (non-hydrogen) atoms. The molecule has 1 aromatic heterocycles. The van der Waals surface area contributed by atoms with Crippen LogP contribution >= 0.6 is 15.9 Å². The molecule has 0 aliphatic carbocycles. The summed E-state index contributed by atoms with van der Waals surface area (Å²) in [6, 6.07) is 0.176. The smallest absolute Gasteiger partial charge is 0.291 e. The lowest BCUT2D eigenvalue weighted by Gasteiger charge is -2.15. The molecule has 0 spiro atoms. The number of methoxy groups -OCH3 is 1. The molecule has 1 aromatic rings. The lowest BCUT2D eigenvalue weighted by molar-refractivity contribution is -0.385. The molecule has 7 heteroatoms. The molecule has 0 amide bonds. The van der Waals surface area contributed by atoms with Crippen molar-refractivity contribution in [2.24, 2.45) is 0 Å². The second-order valence-electron chi connectivity index (χ2n) is 4.01. The van der Waals surface area contributed by atoms with Gasteiger partial charge in [0.05, 0.1) is 9.40 Å². The van der Waals surface area contributed by atoms with Crippen molar-refractivity contribution in [1.82, 2.24) is 4.98 Å². The van der Waals surface area contributed by atoms with Crippen molar-refractivity contribution in [3.8, 4) is 0 Å². The Balaban J connectivity index is 2.85. The molecule has 1 rings (SSSR count). The second-order valence-corrected chi connectivity index (χ2v) is 4.81. The summed E-state index contributed by atoms with van der Waals surface area (Å²) in [4.78, 5) is 14.4. The average Bonchev–Trinajstić information content (AvgIpc) is 2.32. The van der Waals surface area contributed by atoms with Gasteiger partial charge in [0.2, 0.25) is 0 Å². The third-order valence-corrected chi connectivity index (χ3v) is 3.54. The maximum absolute atomic E-state index is 10.8. The highest BCUT2D eigenvalue weighted by molar-refractivity contribution is 9.10. The van der Waals surface area contributed by atoms with Crippen LogP contribution < -0.4 is 5.32 Å². The van der Waals surface area contributed by atoms with Crippen molar-refractivity contribution in [1.29, 1.82) is 0 Å². The fraction of sp³-hybridized carbons (Fsp3) is 0.545. The summed E-state index contributed by atoms with van der Waals surface area (Å²) in [6.07, 6.45) is 2.10. The molecule has 0 saturated heterocycles. The Kier molecular flexibility index (Phi) is 5.49. The lowest BCUT2D eigenvalue weighted by atomic mass is 10.2. The summed E-state index contributed by atoms with van der Waals surface area (Å²) in [5, 5.41) is 13.9. The largest absolute Gasteiger partial charge is 0.385 e. The predicted octanol–water partition coefficient (Wildman–Crippen LogP) is 2.90. The van der Waals surface area contributed by atoms with Gasteiger partial charge in [-0.15, -0.1) is 0 Å². The Labute approximate surface area is 114 Å². The van der Waals surface area contributed by atoms with Gasteiger partial charge in [-0.1, -0.05) is 0 Å². The van der Waals surface area contributed by atoms with E-state index in [2.05, 4.69) is 26.2 Å². The molecule has 1 N–H and O–H groups in total. The van der Waals surface area contributed by atoms with Crippen LogP contribution in [0.5, 0.6) is 0 Å². The van der Waals surface area contributed by atoms with Crippen molar-refractivity contribution < 1.29 is 9.66 Å². The van der Waals surface area contributed by atoms with Gasteiger partial charge in [0.1, 0.15) is 12.0 Å². The molecule has 100 valence electrons. The molecule has 0 aromatic carbocycles. The Morgan fingerprint density at radius 1 is 1.67 bits per heavy atom. The Morgan fingerprint density at radius 3 is 2.89 bits per heavy atom. The van der Waals surface area contributed by atoms with Gasteiger partial charge < -0.3 is 10.1 Å². The predicted molar refractivity (Wildman–Crippen MR) is 72.9 cm³/mol. The van der Waals surface area contributed by atoms with E-state index in [1.807, 2.05) is 6.92 Å². The zero-order valence-electron chi connectivity index (χ0n) is 10.6. The van der Waals surface area contributed by atoms with Crippen LogP contribution in [0.2, 0.25) is 0 Å². The number of ether oxygens (including phenoxy) is 1. The number of nitro groups is 1. The van der Waals surface area contributed by atoms with Crippen LogP contribution in [0.1, 0.15) is 18.9 Å². The maximum Gasteiger partial charge on any atom is 0.291 e. The monoisotopic (exact) mass is 317 g/mol. The van der Waals surface area contributed by atoms with E-state index in [-0.39, 0.29) is 11.7 Å². The highest BCUT2D eigenvalue weighted by Crippen LogP contribution is 2.30. The van der Waals surface area contributed by atoms with E-state index in [0.29, 0.717) is 22.5 Å². The molecule has 1 heterocycles. The second kappa shape index (κ2) is 6.65. The van der Waals surface area contributed by atoms with E-state index in [0.717, 1.165) is 6.42 Å². The van der Waals surface area contributed by atoms with Gasteiger partial charge in [-0.3, -0.25) is 10.1 Å². The zero-order chi connectivity index (χ0) is 13.7. The van der Waals surface area contributed by atoms with Crippen LogP contribution in [0.3, 0.4) is 0 Å². The molecular formula is C11H16BrN3O3. The Hall–Kier alpha value is -1.21. The molecule has 1 atom stereocenters. The highest BCUT2D eigenvalue weighted by atomic mass is 79.9. The van der Waals surface area contributed by atoms with E-state index in [1.54, 1.807) is 14.0 Å². The SMILES string of the molecule is COCCC(C)Nc1ncc([N+](=O)[O-])c(C)c1Br. The van der Waals surface area contributed by atoms with Crippen molar-refractivity contribution in [2.45, 2.75) is 26.3 Å². The molecule has 0 radical (unpaired) electrons.